The molecule has 2 aromatic carbocycles. The molecule has 4 rings (SSSR count). The number of phenolic OH excluding ortho intramolecular Hbond substituents is 2. The fourth-order valence-electron chi connectivity index (χ4n) is 3.80. The van der Waals surface area contributed by atoms with E-state index in [0.29, 0.717) is 30.6 Å². The number of likely N-dealkylation sites (tertiary alicyclic amines) is 1. The van der Waals surface area contributed by atoms with E-state index in [1.807, 2.05) is 24.3 Å². The van der Waals surface area contributed by atoms with Crippen molar-refractivity contribution in [3.8, 4) is 17.2 Å². The van der Waals surface area contributed by atoms with Crippen molar-refractivity contribution in [3.63, 3.8) is 0 Å². The second-order valence-electron chi connectivity index (χ2n) is 7.32. The maximum atomic E-state index is 12.9. The van der Waals surface area contributed by atoms with E-state index in [0.717, 1.165) is 24.2 Å². The molecule has 140 valence electrons. The summed E-state index contributed by atoms with van der Waals surface area (Å²) >= 11 is 0. The van der Waals surface area contributed by atoms with Crippen LogP contribution in [0.25, 0.3) is 6.08 Å². The molecule has 1 spiro atoms. The molecule has 1 atom stereocenters. The lowest BCUT2D eigenvalue weighted by atomic mass is 9.91. The number of para-hydroxylation sites is 1. The zero-order valence-electron chi connectivity index (χ0n) is 15.3. The fourth-order valence-corrected chi connectivity index (χ4v) is 3.80. The van der Waals surface area contributed by atoms with Crippen molar-refractivity contribution in [2.24, 2.45) is 0 Å². The molecule has 27 heavy (non-hydrogen) atoms. The number of nitrogens with zero attached hydrogens (tertiary/aromatic N) is 1. The summed E-state index contributed by atoms with van der Waals surface area (Å²) in [6, 6.07) is 10.8. The Balaban J connectivity index is 1.52. The Labute approximate surface area is 158 Å². The van der Waals surface area contributed by atoms with E-state index in [-0.39, 0.29) is 23.0 Å². The lowest BCUT2D eigenvalue weighted by Gasteiger charge is -2.34. The van der Waals surface area contributed by atoms with Crippen LogP contribution in [0.1, 0.15) is 40.7 Å². The van der Waals surface area contributed by atoms with Crippen LogP contribution >= 0.6 is 0 Å². The molecule has 0 saturated carbocycles. The number of hydrogen-bond acceptors (Lipinski definition) is 4. The Hall–Kier alpha value is -2.95. The monoisotopic (exact) mass is 365 g/mol. The third-order valence-corrected chi connectivity index (χ3v) is 5.52. The number of aromatic hydroxyl groups is 2. The highest BCUT2D eigenvalue weighted by atomic mass is 16.5. The predicted molar refractivity (Wildman–Crippen MR) is 103 cm³/mol. The summed E-state index contributed by atoms with van der Waals surface area (Å²) in [5.74, 6) is 0.561. The molecule has 2 heterocycles. The molecular formula is C22H23NO4. The van der Waals surface area contributed by atoms with E-state index < -0.39 is 0 Å². The maximum Gasteiger partial charge on any atom is 0.254 e. The van der Waals surface area contributed by atoms with Gasteiger partial charge in [0.05, 0.1) is 0 Å². The number of amides is 1. The summed E-state index contributed by atoms with van der Waals surface area (Å²) in [5, 5.41) is 19.8. The summed E-state index contributed by atoms with van der Waals surface area (Å²) in [6.07, 6.45) is 6.58. The summed E-state index contributed by atoms with van der Waals surface area (Å²) in [7, 11) is 0. The van der Waals surface area contributed by atoms with Crippen molar-refractivity contribution in [2.45, 2.75) is 31.8 Å². The van der Waals surface area contributed by atoms with Crippen LogP contribution in [-0.4, -0.2) is 39.7 Å². The number of phenols is 2. The lowest BCUT2D eigenvalue weighted by molar-refractivity contribution is 0.0729. The van der Waals surface area contributed by atoms with Crippen molar-refractivity contribution in [3.05, 3.63) is 59.2 Å². The van der Waals surface area contributed by atoms with Crippen LogP contribution in [-0.2, 0) is 0 Å². The van der Waals surface area contributed by atoms with Gasteiger partial charge in [-0.25, -0.2) is 0 Å². The minimum absolute atomic E-state index is 0.0696. The smallest absolute Gasteiger partial charge is 0.254 e. The summed E-state index contributed by atoms with van der Waals surface area (Å²) < 4.78 is 6.32. The Kier molecular flexibility index (Phi) is 4.30. The fraction of sp³-hybridized carbons (Fsp3) is 0.318. The van der Waals surface area contributed by atoms with Crippen molar-refractivity contribution < 1.29 is 19.7 Å². The molecule has 2 aliphatic heterocycles. The summed E-state index contributed by atoms with van der Waals surface area (Å²) in [4.78, 5) is 14.7. The predicted octanol–water partition coefficient (Wildman–Crippen LogP) is 3.88. The standard InChI is InChI=1S/C22H23NO4/c1-15-18(24)13-17(14-19(15)25)21(26)23-11-4-8-22(10-12-23)9-7-16-5-2-3-6-20(16)27-22/h2-3,5-7,9,13-14,24-25H,4,8,10-12H2,1H3/t22-/m0/s1. The molecule has 0 aliphatic carbocycles. The van der Waals surface area contributed by atoms with Crippen LogP contribution in [0.5, 0.6) is 17.2 Å². The SMILES string of the molecule is Cc1c(O)cc(C(=O)N2CCC[C@]3(C=Cc4ccccc4O3)CC2)cc1O. The number of rotatable bonds is 1. The Bertz CT molecular complexity index is 897. The second kappa shape index (κ2) is 6.65. The number of ether oxygens (including phenoxy) is 1. The quantitative estimate of drug-likeness (QED) is 0.805. The molecule has 5 nitrogen and oxygen atoms in total. The van der Waals surface area contributed by atoms with Crippen LogP contribution < -0.4 is 4.74 Å². The van der Waals surface area contributed by atoms with Gasteiger partial charge in [-0.1, -0.05) is 24.3 Å². The first-order valence-corrected chi connectivity index (χ1v) is 9.27. The van der Waals surface area contributed by atoms with Crippen molar-refractivity contribution in [1.29, 1.82) is 0 Å². The van der Waals surface area contributed by atoms with Crippen molar-refractivity contribution >= 4 is 12.0 Å². The molecule has 1 saturated heterocycles. The zero-order valence-corrected chi connectivity index (χ0v) is 15.3. The van der Waals surface area contributed by atoms with Crippen LogP contribution in [0, 0.1) is 6.92 Å². The number of fused-ring (bicyclic) bond motifs is 1. The van der Waals surface area contributed by atoms with Gasteiger partial charge in [0.2, 0.25) is 0 Å². The molecule has 0 unspecified atom stereocenters. The molecule has 0 aromatic heterocycles. The normalized spacial score (nSPS) is 21.4. The van der Waals surface area contributed by atoms with E-state index in [9.17, 15) is 15.0 Å². The van der Waals surface area contributed by atoms with Crippen molar-refractivity contribution in [2.75, 3.05) is 13.1 Å². The summed E-state index contributed by atoms with van der Waals surface area (Å²) in [6.45, 7) is 2.79. The van der Waals surface area contributed by atoms with Crippen LogP contribution in [0.4, 0.5) is 0 Å². The summed E-state index contributed by atoms with van der Waals surface area (Å²) in [5.41, 5.74) is 1.37. The lowest BCUT2D eigenvalue weighted by Crippen LogP contribution is -2.38. The number of benzene rings is 2. The molecule has 2 aliphatic rings. The first-order valence-electron chi connectivity index (χ1n) is 9.27. The van der Waals surface area contributed by atoms with Gasteiger partial charge in [-0.3, -0.25) is 4.79 Å². The number of hydrogen-bond donors (Lipinski definition) is 2. The Morgan fingerprint density at radius 2 is 1.85 bits per heavy atom. The molecule has 0 radical (unpaired) electrons. The largest absolute Gasteiger partial charge is 0.508 e. The third-order valence-electron chi connectivity index (χ3n) is 5.52. The maximum absolute atomic E-state index is 12.9. The van der Waals surface area contributed by atoms with Gasteiger partial charge in [-0.05, 0) is 44.0 Å². The van der Waals surface area contributed by atoms with Gasteiger partial charge >= 0.3 is 0 Å². The van der Waals surface area contributed by atoms with Gasteiger partial charge < -0.3 is 19.8 Å². The van der Waals surface area contributed by atoms with E-state index >= 15 is 0 Å². The van der Waals surface area contributed by atoms with E-state index in [1.54, 1.807) is 11.8 Å². The highest BCUT2D eigenvalue weighted by Crippen LogP contribution is 2.37. The van der Waals surface area contributed by atoms with Crippen LogP contribution in [0.2, 0.25) is 0 Å². The second-order valence-corrected chi connectivity index (χ2v) is 7.32. The first-order chi connectivity index (χ1) is 13.0. The van der Waals surface area contributed by atoms with Gasteiger partial charge in [0.25, 0.3) is 5.91 Å². The highest BCUT2D eigenvalue weighted by molar-refractivity contribution is 5.95. The van der Waals surface area contributed by atoms with Gasteiger partial charge in [-0.15, -0.1) is 0 Å². The molecule has 5 heteroatoms. The molecule has 1 fully saturated rings. The van der Waals surface area contributed by atoms with E-state index in [2.05, 4.69) is 12.2 Å². The molecular weight excluding hydrogens is 342 g/mol. The minimum atomic E-state index is -0.388. The zero-order chi connectivity index (χ0) is 19.0. The van der Waals surface area contributed by atoms with E-state index in [1.165, 1.54) is 12.1 Å². The van der Waals surface area contributed by atoms with Crippen LogP contribution in [0.3, 0.4) is 0 Å². The average Bonchev–Trinajstić information content (AvgIpc) is 2.87. The first kappa shape index (κ1) is 17.5. The van der Waals surface area contributed by atoms with Crippen LogP contribution in [0.15, 0.2) is 42.5 Å². The van der Waals surface area contributed by atoms with Crippen molar-refractivity contribution in [1.82, 2.24) is 4.90 Å². The van der Waals surface area contributed by atoms with Gasteiger partial charge in [0.1, 0.15) is 22.8 Å². The minimum Gasteiger partial charge on any atom is -0.508 e. The topological polar surface area (TPSA) is 70.0 Å². The number of carbonyl (C=O) groups excluding carboxylic acids is 1. The third kappa shape index (κ3) is 3.25. The Morgan fingerprint density at radius 3 is 2.63 bits per heavy atom. The molecule has 2 N–H and O–H groups in total. The van der Waals surface area contributed by atoms with E-state index in [4.69, 9.17) is 4.74 Å². The van der Waals surface area contributed by atoms with Gasteiger partial charge in [-0.2, -0.15) is 0 Å². The molecule has 1 amide bonds. The Morgan fingerprint density at radius 1 is 1.11 bits per heavy atom. The number of carbonyl (C=O) groups is 1. The molecule has 0 bridgehead atoms. The highest BCUT2D eigenvalue weighted by Gasteiger charge is 2.36. The van der Waals surface area contributed by atoms with Gasteiger partial charge in [0.15, 0.2) is 0 Å². The molecule has 2 aromatic rings. The van der Waals surface area contributed by atoms with Gasteiger partial charge in [0, 0.05) is 36.2 Å². The average molecular weight is 365 g/mol.